The Labute approximate surface area is 86.0 Å². The van der Waals surface area contributed by atoms with Crippen molar-refractivity contribution in [2.24, 2.45) is 11.8 Å². The van der Waals surface area contributed by atoms with Crippen LogP contribution in [0.15, 0.2) is 11.8 Å². The van der Waals surface area contributed by atoms with Crippen LogP contribution in [0, 0.1) is 11.8 Å². The van der Waals surface area contributed by atoms with Crippen molar-refractivity contribution in [3.8, 4) is 0 Å². The lowest BCUT2D eigenvalue weighted by atomic mass is 10.2. The van der Waals surface area contributed by atoms with Crippen LogP contribution in [0.1, 0.15) is 33.6 Å². The third-order valence-electron chi connectivity index (χ3n) is 2.32. The molecule has 0 aromatic carbocycles. The van der Waals surface area contributed by atoms with Gasteiger partial charge in [-0.3, -0.25) is 0 Å². The maximum absolute atomic E-state index is 11.2. The normalized spacial score (nSPS) is 17.0. The summed E-state index contributed by atoms with van der Waals surface area (Å²) in [5.74, 6) is 1.22. The van der Waals surface area contributed by atoms with Crippen LogP contribution in [0.25, 0.3) is 0 Å². The van der Waals surface area contributed by atoms with Crippen molar-refractivity contribution < 1.29 is 4.79 Å². The first-order valence-electron chi connectivity index (χ1n) is 5.30. The summed E-state index contributed by atoms with van der Waals surface area (Å²) in [6.07, 6.45) is 4.38. The van der Waals surface area contributed by atoms with E-state index in [1.807, 2.05) is 6.20 Å². The molecule has 0 bridgehead atoms. The molecule has 2 N–H and O–H groups in total. The predicted molar refractivity (Wildman–Crippen MR) is 57.9 cm³/mol. The van der Waals surface area contributed by atoms with E-state index >= 15 is 0 Å². The summed E-state index contributed by atoms with van der Waals surface area (Å²) < 4.78 is 0. The fraction of sp³-hybridized carbons (Fsp3) is 0.727. The van der Waals surface area contributed by atoms with E-state index in [1.54, 1.807) is 0 Å². The van der Waals surface area contributed by atoms with Crippen molar-refractivity contribution in [2.45, 2.75) is 33.6 Å². The lowest BCUT2D eigenvalue weighted by Crippen LogP contribution is -2.34. The fourth-order valence-corrected chi connectivity index (χ4v) is 1.18. The molecule has 3 nitrogen and oxygen atoms in total. The Bertz CT molecular complexity index is 229. The average molecular weight is 196 g/mol. The number of rotatable bonds is 4. The molecule has 0 saturated heterocycles. The van der Waals surface area contributed by atoms with Crippen molar-refractivity contribution in [2.75, 3.05) is 6.54 Å². The minimum absolute atomic E-state index is 0.0984. The maximum atomic E-state index is 11.2. The Morgan fingerprint density at radius 1 is 1.50 bits per heavy atom. The second kappa shape index (κ2) is 5.03. The van der Waals surface area contributed by atoms with Gasteiger partial charge >= 0.3 is 6.03 Å². The molecule has 3 heteroatoms. The average Bonchev–Trinajstić information content (AvgIpc) is 2.93. The number of carbonyl (C=O) groups is 1. The summed E-state index contributed by atoms with van der Waals surface area (Å²) >= 11 is 0. The molecule has 1 aliphatic rings. The van der Waals surface area contributed by atoms with E-state index in [-0.39, 0.29) is 6.03 Å². The molecule has 0 atom stereocenters. The van der Waals surface area contributed by atoms with Gasteiger partial charge in [-0.2, -0.15) is 0 Å². The minimum atomic E-state index is -0.0984. The highest BCUT2D eigenvalue weighted by molar-refractivity contribution is 5.74. The van der Waals surface area contributed by atoms with E-state index in [0.29, 0.717) is 5.92 Å². The smallest absolute Gasteiger partial charge is 0.318 e. The first kappa shape index (κ1) is 11.1. The van der Waals surface area contributed by atoms with E-state index in [9.17, 15) is 4.79 Å². The van der Waals surface area contributed by atoms with Crippen LogP contribution >= 0.6 is 0 Å². The topological polar surface area (TPSA) is 41.1 Å². The monoisotopic (exact) mass is 196 g/mol. The van der Waals surface area contributed by atoms with Crippen LogP contribution in [-0.4, -0.2) is 12.6 Å². The van der Waals surface area contributed by atoms with Crippen molar-refractivity contribution in [1.29, 1.82) is 0 Å². The summed E-state index contributed by atoms with van der Waals surface area (Å²) in [5.41, 5.74) is 1.28. The van der Waals surface area contributed by atoms with Gasteiger partial charge in [0, 0.05) is 12.7 Å². The summed E-state index contributed by atoms with van der Waals surface area (Å²) in [5, 5.41) is 5.55. The van der Waals surface area contributed by atoms with Gasteiger partial charge in [0.05, 0.1) is 0 Å². The van der Waals surface area contributed by atoms with Gasteiger partial charge in [0.25, 0.3) is 0 Å². The van der Waals surface area contributed by atoms with Gasteiger partial charge in [-0.1, -0.05) is 19.4 Å². The number of urea groups is 1. The SMILES string of the molecule is C/C(=C\NC(=O)NCC(C)C)C1CC1. The van der Waals surface area contributed by atoms with Crippen molar-refractivity contribution in [3.05, 3.63) is 11.8 Å². The highest BCUT2D eigenvalue weighted by Crippen LogP contribution is 2.35. The quantitative estimate of drug-likeness (QED) is 0.711. The Morgan fingerprint density at radius 2 is 2.14 bits per heavy atom. The highest BCUT2D eigenvalue weighted by atomic mass is 16.2. The Balaban J connectivity index is 2.16. The molecule has 80 valence electrons. The summed E-state index contributed by atoms with van der Waals surface area (Å²) in [7, 11) is 0. The minimum Gasteiger partial charge on any atom is -0.338 e. The van der Waals surface area contributed by atoms with Gasteiger partial charge in [0.1, 0.15) is 0 Å². The van der Waals surface area contributed by atoms with Crippen LogP contribution in [0.3, 0.4) is 0 Å². The van der Waals surface area contributed by atoms with E-state index in [4.69, 9.17) is 0 Å². The van der Waals surface area contributed by atoms with Gasteiger partial charge in [-0.05, 0) is 31.6 Å². The zero-order chi connectivity index (χ0) is 10.6. The van der Waals surface area contributed by atoms with Crippen LogP contribution in [-0.2, 0) is 0 Å². The molecule has 2 amide bonds. The van der Waals surface area contributed by atoms with Crippen LogP contribution in [0.5, 0.6) is 0 Å². The lowest BCUT2D eigenvalue weighted by Gasteiger charge is -2.07. The third-order valence-corrected chi connectivity index (χ3v) is 2.32. The molecule has 14 heavy (non-hydrogen) atoms. The molecule has 1 aliphatic carbocycles. The van der Waals surface area contributed by atoms with E-state index < -0.39 is 0 Å². The molecular formula is C11H20N2O. The standard InChI is InChI=1S/C11H20N2O/c1-8(2)6-12-11(14)13-7-9(3)10-4-5-10/h7-8,10H,4-6H2,1-3H3,(H2,12,13,14)/b9-7+. The summed E-state index contributed by atoms with van der Waals surface area (Å²) in [6, 6.07) is -0.0984. The van der Waals surface area contributed by atoms with Crippen molar-refractivity contribution in [3.63, 3.8) is 0 Å². The van der Waals surface area contributed by atoms with Crippen LogP contribution in [0.2, 0.25) is 0 Å². The van der Waals surface area contributed by atoms with Gasteiger partial charge in [-0.25, -0.2) is 4.79 Å². The molecular weight excluding hydrogens is 176 g/mol. The molecule has 1 saturated carbocycles. The molecule has 1 rings (SSSR count). The summed E-state index contributed by atoms with van der Waals surface area (Å²) in [6.45, 7) is 6.94. The van der Waals surface area contributed by atoms with Gasteiger partial charge in [0.2, 0.25) is 0 Å². The zero-order valence-electron chi connectivity index (χ0n) is 9.26. The first-order valence-corrected chi connectivity index (χ1v) is 5.30. The van der Waals surface area contributed by atoms with Gasteiger partial charge in [-0.15, -0.1) is 0 Å². The highest BCUT2D eigenvalue weighted by Gasteiger charge is 2.22. The molecule has 0 spiro atoms. The van der Waals surface area contributed by atoms with E-state index in [2.05, 4.69) is 31.4 Å². The van der Waals surface area contributed by atoms with Crippen LogP contribution in [0.4, 0.5) is 4.79 Å². The molecule has 0 radical (unpaired) electrons. The summed E-state index contributed by atoms with van der Waals surface area (Å²) in [4.78, 5) is 11.2. The van der Waals surface area contributed by atoms with Crippen molar-refractivity contribution >= 4 is 6.03 Å². The lowest BCUT2D eigenvalue weighted by molar-refractivity contribution is 0.242. The molecule has 0 aromatic rings. The van der Waals surface area contributed by atoms with Crippen LogP contribution < -0.4 is 10.6 Å². The third kappa shape index (κ3) is 4.30. The Morgan fingerprint density at radius 3 is 2.64 bits per heavy atom. The number of carbonyl (C=O) groups excluding carboxylic acids is 1. The molecule has 1 fully saturated rings. The maximum Gasteiger partial charge on any atom is 0.318 e. The number of hydrogen-bond acceptors (Lipinski definition) is 1. The molecule has 0 unspecified atom stereocenters. The number of allylic oxidation sites excluding steroid dienone is 1. The second-order valence-electron chi connectivity index (χ2n) is 4.41. The number of hydrogen-bond donors (Lipinski definition) is 2. The van der Waals surface area contributed by atoms with Crippen molar-refractivity contribution in [1.82, 2.24) is 10.6 Å². The zero-order valence-corrected chi connectivity index (χ0v) is 9.26. The van der Waals surface area contributed by atoms with E-state index in [1.165, 1.54) is 18.4 Å². The molecule has 0 heterocycles. The first-order chi connectivity index (χ1) is 6.59. The number of amides is 2. The molecule has 0 aliphatic heterocycles. The van der Waals surface area contributed by atoms with Gasteiger partial charge in [0.15, 0.2) is 0 Å². The Hall–Kier alpha value is -0.990. The number of nitrogens with one attached hydrogen (secondary N) is 2. The van der Waals surface area contributed by atoms with E-state index in [0.717, 1.165) is 12.5 Å². The largest absolute Gasteiger partial charge is 0.338 e. The van der Waals surface area contributed by atoms with Gasteiger partial charge < -0.3 is 10.6 Å². The predicted octanol–water partition coefficient (Wildman–Crippen LogP) is 2.26. The second-order valence-corrected chi connectivity index (χ2v) is 4.41. The Kier molecular flexibility index (Phi) is 3.98. The fourth-order valence-electron chi connectivity index (χ4n) is 1.18. The molecule has 0 aromatic heterocycles.